The lowest BCUT2D eigenvalue weighted by molar-refractivity contribution is -0.117. The van der Waals surface area contributed by atoms with E-state index in [0.717, 1.165) is 29.3 Å². The molecule has 0 radical (unpaired) electrons. The fourth-order valence-electron chi connectivity index (χ4n) is 3.14. The number of hydrogen-bond donors (Lipinski definition) is 1. The summed E-state index contributed by atoms with van der Waals surface area (Å²) in [4.78, 5) is 29.2. The van der Waals surface area contributed by atoms with Crippen molar-refractivity contribution in [3.05, 3.63) is 52.4 Å². The molecule has 0 aliphatic carbocycles. The quantitative estimate of drug-likeness (QED) is 0.588. The molecule has 1 N–H and O–H groups in total. The first-order chi connectivity index (χ1) is 12.7. The molecule has 8 heteroatoms. The van der Waals surface area contributed by atoms with E-state index in [4.69, 9.17) is 0 Å². The molecule has 3 heterocycles. The summed E-state index contributed by atoms with van der Waals surface area (Å²) in [5.74, 6) is -0.327. The van der Waals surface area contributed by atoms with Gasteiger partial charge in [0.05, 0.1) is 6.20 Å². The molecule has 4 rings (SSSR count). The van der Waals surface area contributed by atoms with Gasteiger partial charge in [-0.15, -0.1) is 11.3 Å². The zero-order chi connectivity index (χ0) is 18.1. The highest BCUT2D eigenvalue weighted by molar-refractivity contribution is 7.13. The lowest BCUT2D eigenvalue weighted by atomic mass is 10.2. The second-order valence-electron chi connectivity index (χ2n) is 5.92. The van der Waals surface area contributed by atoms with Gasteiger partial charge in [0.2, 0.25) is 5.91 Å². The molecule has 7 nitrogen and oxygen atoms in total. The first kappa shape index (κ1) is 16.5. The van der Waals surface area contributed by atoms with E-state index in [1.54, 1.807) is 17.8 Å². The number of amides is 1. The third-order valence-corrected chi connectivity index (χ3v) is 4.88. The molecule has 0 saturated carbocycles. The molecule has 4 aromatic rings. The van der Waals surface area contributed by atoms with Crippen LogP contribution in [0.4, 0.5) is 5.13 Å². The number of aryl methyl sites for hydroxylation is 1. The Morgan fingerprint density at radius 3 is 2.88 bits per heavy atom. The van der Waals surface area contributed by atoms with Crippen molar-refractivity contribution < 1.29 is 4.79 Å². The van der Waals surface area contributed by atoms with Crippen molar-refractivity contribution in [3.63, 3.8) is 0 Å². The van der Waals surface area contributed by atoms with Crippen LogP contribution in [-0.4, -0.2) is 25.2 Å². The summed E-state index contributed by atoms with van der Waals surface area (Å²) < 4.78 is 3.22. The molecule has 0 aliphatic rings. The lowest BCUT2D eigenvalue weighted by Crippen LogP contribution is -2.30. The summed E-state index contributed by atoms with van der Waals surface area (Å²) >= 11 is 1.33. The number of aromatic nitrogens is 4. The second-order valence-corrected chi connectivity index (χ2v) is 6.82. The van der Waals surface area contributed by atoms with Crippen LogP contribution in [0.3, 0.4) is 0 Å². The van der Waals surface area contributed by atoms with Crippen molar-refractivity contribution in [2.24, 2.45) is 0 Å². The van der Waals surface area contributed by atoms with E-state index in [9.17, 15) is 9.59 Å². The molecular weight excluding hydrogens is 350 g/mol. The number of carbonyl (C=O) groups excluding carboxylic acids is 1. The first-order valence-electron chi connectivity index (χ1n) is 8.35. The predicted molar refractivity (Wildman–Crippen MR) is 103 cm³/mol. The van der Waals surface area contributed by atoms with Crippen molar-refractivity contribution in [1.82, 2.24) is 19.3 Å². The summed E-state index contributed by atoms with van der Waals surface area (Å²) in [7, 11) is 0. The molecular formula is C18H17N5O2S. The monoisotopic (exact) mass is 367 g/mol. The largest absolute Gasteiger partial charge is 0.336 e. The molecule has 0 aliphatic heterocycles. The van der Waals surface area contributed by atoms with E-state index in [1.807, 2.05) is 28.8 Å². The predicted octanol–water partition coefficient (Wildman–Crippen LogP) is 2.86. The van der Waals surface area contributed by atoms with Gasteiger partial charge in [-0.1, -0.05) is 25.1 Å². The average Bonchev–Trinajstić information content (AvgIpc) is 3.25. The van der Waals surface area contributed by atoms with Gasteiger partial charge in [0, 0.05) is 34.4 Å². The van der Waals surface area contributed by atoms with E-state index >= 15 is 0 Å². The van der Waals surface area contributed by atoms with Gasteiger partial charge in [-0.3, -0.25) is 9.59 Å². The van der Waals surface area contributed by atoms with E-state index in [-0.39, 0.29) is 18.0 Å². The smallest absolute Gasteiger partial charge is 0.291 e. The van der Waals surface area contributed by atoms with E-state index in [0.29, 0.717) is 10.6 Å². The molecule has 0 saturated heterocycles. The highest BCUT2D eigenvalue weighted by atomic mass is 32.1. The van der Waals surface area contributed by atoms with Crippen LogP contribution in [-0.2, 0) is 17.9 Å². The zero-order valence-electron chi connectivity index (χ0n) is 14.2. The minimum atomic E-state index is -0.327. The average molecular weight is 367 g/mol. The Morgan fingerprint density at radius 1 is 1.27 bits per heavy atom. The number of thiazole rings is 1. The third kappa shape index (κ3) is 2.78. The van der Waals surface area contributed by atoms with Crippen molar-refractivity contribution in [3.8, 4) is 0 Å². The SMILES string of the molecule is CCCn1c2ccccc2c2cnn(CC(=O)Nc3nccs3)c(=O)c21. The Kier molecular flexibility index (Phi) is 4.26. The van der Waals surface area contributed by atoms with Gasteiger partial charge in [0.15, 0.2) is 5.13 Å². The molecule has 3 aromatic heterocycles. The van der Waals surface area contributed by atoms with Gasteiger partial charge >= 0.3 is 0 Å². The maximum absolute atomic E-state index is 13.0. The number of benzene rings is 1. The summed E-state index contributed by atoms with van der Waals surface area (Å²) in [6.45, 7) is 2.65. The normalized spacial score (nSPS) is 11.3. The number of nitrogens with zero attached hydrogens (tertiary/aromatic N) is 4. The van der Waals surface area contributed by atoms with Crippen LogP contribution in [0.15, 0.2) is 46.8 Å². The third-order valence-electron chi connectivity index (χ3n) is 4.19. The Morgan fingerprint density at radius 2 is 2.12 bits per heavy atom. The minimum Gasteiger partial charge on any atom is -0.336 e. The maximum atomic E-state index is 13.0. The number of hydrogen-bond acceptors (Lipinski definition) is 5. The highest BCUT2D eigenvalue weighted by Gasteiger charge is 2.16. The molecule has 132 valence electrons. The van der Waals surface area contributed by atoms with Gasteiger partial charge in [0.25, 0.3) is 5.56 Å². The number of anilines is 1. The number of rotatable bonds is 5. The van der Waals surface area contributed by atoms with Gasteiger partial charge < -0.3 is 9.88 Å². The van der Waals surface area contributed by atoms with Crippen molar-refractivity contribution in [2.45, 2.75) is 26.4 Å². The molecule has 0 unspecified atom stereocenters. The van der Waals surface area contributed by atoms with Crippen molar-refractivity contribution in [2.75, 3.05) is 5.32 Å². The van der Waals surface area contributed by atoms with Gasteiger partial charge in [0.1, 0.15) is 12.1 Å². The van der Waals surface area contributed by atoms with Crippen LogP contribution >= 0.6 is 11.3 Å². The number of fused-ring (bicyclic) bond motifs is 3. The molecule has 0 spiro atoms. The number of nitrogens with one attached hydrogen (secondary N) is 1. The standard InChI is InChI=1S/C18H17N5O2S/c1-2-8-22-14-6-4-3-5-12(14)13-10-20-23(17(25)16(13)22)11-15(24)21-18-19-7-9-26-18/h3-7,9-10H,2,8,11H2,1H3,(H,19,21,24). The molecule has 1 aromatic carbocycles. The van der Waals surface area contributed by atoms with Crippen LogP contribution in [0.1, 0.15) is 13.3 Å². The Hall–Kier alpha value is -3.00. The summed E-state index contributed by atoms with van der Waals surface area (Å²) in [6.07, 6.45) is 4.18. The van der Waals surface area contributed by atoms with Crippen LogP contribution in [0.2, 0.25) is 0 Å². The Balaban J connectivity index is 1.79. The highest BCUT2D eigenvalue weighted by Crippen LogP contribution is 2.26. The lowest BCUT2D eigenvalue weighted by Gasteiger charge is -2.07. The molecule has 0 atom stereocenters. The Bertz CT molecular complexity index is 1140. The zero-order valence-corrected chi connectivity index (χ0v) is 15.0. The van der Waals surface area contributed by atoms with Gasteiger partial charge in [-0.25, -0.2) is 9.67 Å². The second kappa shape index (κ2) is 6.72. The van der Waals surface area contributed by atoms with E-state index in [1.165, 1.54) is 16.0 Å². The topological polar surface area (TPSA) is 81.8 Å². The van der Waals surface area contributed by atoms with Gasteiger partial charge in [-0.2, -0.15) is 5.10 Å². The minimum absolute atomic E-state index is 0.151. The molecule has 26 heavy (non-hydrogen) atoms. The number of para-hydroxylation sites is 1. The first-order valence-corrected chi connectivity index (χ1v) is 9.23. The van der Waals surface area contributed by atoms with Crippen LogP contribution in [0.25, 0.3) is 21.8 Å². The van der Waals surface area contributed by atoms with Gasteiger partial charge in [-0.05, 0) is 12.5 Å². The maximum Gasteiger partial charge on any atom is 0.291 e. The number of carbonyl (C=O) groups is 1. The Labute approximate surface area is 152 Å². The fraction of sp³-hybridized carbons (Fsp3) is 0.222. The van der Waals surface area contributed by atoms with Crippen LogP contribution < -0.4 is 10.9 Å². The van der Waals surface area contributed by atoms with E-state index in [2.05, 4.69) is 22.3 Å². The summed E-state index contributed by atoms with van der Waals surface area (Å²) in [6, 6.07) is 7.90. The van der Waals surface area contributed by atoms with Crippen LogP contribution in [0, 0.1) is 0 Å². The summed E-state index contributed by atoms with van der Waals surface area (Å²) in [5.41, 5.74) is 1.33. The van der Waals surface area contributed by atoms with E-state index < -0.39 is 0 Å². The van der Waals surface area contributed by atoms with Crippen LogP contribution in [0.5, 0.6) is 0 Å². The summed E-state index contributed by atoms with van der Waals surface area (Å²) in [5, 5.41) is 11.0. The molecule has 1 amide bonds. The molecule has 0 fully saturated rings. The molecule has 0 bridgehead atoms. The fourth-order valence-corrected chi connectivity index (χ4v) is 3.69. The van der Waals surface area contributed by atoms with Crippen molar-refractivity contribution in [1.29, 1.82) is 0 Å². The van der Waals surface area contributed by atoms with Crippen molar-refractivity contribution >= 4 is 44.2 Å².